The SMILES string of the molecule is Nc1nc2cccnc2c2nc(-c3ccco3)nn12. The third-order valence-corrected chi connectivity index (χ3v) is 2.80. The fraction of sp³-hybridized carbons (Fsp3) is 0. The van der Waals surface area contributed by atoms with Crippen molar-refractivity contribution in [3.63, 3.8) is 0 Å². The van der Waals surface area contributed by atoms with Gasteiger partial charge in [0.2, 0.25) is 11.8 Å². The lowest BCUT2D eigenvalue weighted by Crippen LogP contribution is -2.03. The summed E-state index contributed by atoms with van der Waals surface area (Å²) in [5.41, 5.74) is 7.78. The first-order valence-corrected chi connectivity index (χ1v) is 5.64. The third kappa shape index (κ3) is 1.38. The van der Waals surface area contributed by atoms with E-state index in [1.807, 2.05) is 6.07 Å². The molecule has 7 nitrogen and oxygen atoms in total. The number of nitrogen functional groups attached to an aromatic ring is 1. The number of anilines is 1. The Balaban J connectivity index is 2.12. The Bertz CT molecular complexity index is 880. The molecule has 0 radical (unpaired) electrons. The first-order valence-electron chi connectivity index (χ1n) is 5.64. The molecule has 4 aromatic rings. The zero-order valence-electron chi connectivity index (χ0n) is 9.69. The number of nitrogens with zero attached hydrogens (tertiary/aromatic N) is 5. The average molecular weight is 252 g/mol. The zero-order valence-corrected chi connectivity index (χ0v) is 9.69. The van der Waals surface area contributed by atoms with Gasteiger partial charge in [-0.25, -0.2) is 9.97 Å². The maximum atomic E-state index is 5.88. The van der Waals surface area contributed by atoms with E-state index in [0.29, 0.717) is 28.3 Å². The molecule has 92 valence electrons. The van der Waals surface area contributed by atoms with Crippen LogP contribution in [0.1, 0.15) is 0 Å². The van der Waals surface area contributed by atoms with Crippen LogP contribution < -0.4 is 5.73 Å². The van der Waals surface area contributed by atoms with E-state index in [2.05, 4.69) is 20.1 Å². The Hall–Kier alpha value is -2.96. The molecule has 0 aromatic carbocycles. The smallest absolute Gasteiger partial charge is 0.223 e. The van der Waals surface area contributed by atoms with Crippen LogP contribution in [0.3, 0.4) is 0 Å². The Kier molecular flexibility index (Phi) is 1.85. The summed E-state index contributed by atoms with van der Waals surface area (Å²) >= 11 is 0. The molecule has 0 aliphatic heterocycles. The first kappa shape index (κ1) is 10.0. The van der Waals surface area contributed by atoms with Crippen molar-refractivity contribution >= 4 is 22.6 Å². The van der Waals surface area contributed by atoms with E-state index in [1.54, 1.807) is 30.7 Å². The van der Waals surface area contributed by atoms with Crippen LogP contribution in [0.4, 0.5) is 5.95 Å². The highest BCUT2D eigenvalue weighted by Gasteiger charge is 2.14. The Morgan fingerprint density at radius 3 is 2.95 bits per heavy atom. The molecule has 2 N–H and O–H groups in total. The molecular formula is C12H8N6O. The predicted molar refractivity (Wildman–Crippen MR) is 68.2 cm³/mol. The van der Waals surface area contributed by atoms with E-state index < -0.39 is 0 Å². The molecule has 0 bridgehead atoms. The van der Waals surface area contributed by atoms with Gasteiger partial charge < -0.3 is 10.2 Å². The Labute approximate surface area is 106 Å². The Morgan fingerprint density at radius 1 is 1.16 bits per heavy atom. The second-order valence-corrected chi connectivity index (χ2v) is 3.99. The summed E-state index contributed by atoms with van der Waals surface area (Å²) in [6, 6.07) is 7.20. The van der Waals surface area contributed by atoms with Crippen LogP contribution >= 0.6 is 0 Å². The minimum Gasteiger partial charge on any atom is -0.461 e. The van der Waals surface area contributed by atoms with Crippen molar-refractivity contribution in [1.29, 1.82) is 0 Å². The van der Waals surface area contributed by atoms with E-state index in [0.717, 1.165) is 0 Å². The molecule has 0 unspecified atom stereocenters. The van der Waals surface area contributed by atoms with Crippen LogP contribution in [0.25, 0.3) is 28.3 Å². The molecule has 7 heteroatoms. The van der Waals surface area contributed by atoms with Crippen LogP contribution in [0, 0.1) is 0 Å². The van der Waals surface area contributed by atoms with E-state index in [-0.39, 0.29) is 5.95 Å². The van der Waals surface area contributed by atoms with Gasteiger partial charge in [0.15, 0.2) is 11.4 Å². The van der Waals surface area contributed by atoms with Crippen LogP contribution in [-0.4, -0.2) is 24.6 Å². The number of hydrogen-bond acceptors (Lipinski definition) is 6. The number of rotatable bonds is 1. The topological polar surface area (TPSA) is 95.1 Å². The Morgan fingerprint density at radius 2 is 2.11 bits per heavy atom. The summed E-state index contributed by atoms with van der Waals surface area (Å²) in [7, 11) is 0. The summed E-state index contributed by atoms with van der Waals surface area (Å²) in [5.74, 6) is 1.30. The molecular weight excluding hydrogens is 244 g/mol. The highest BCUT2D eigenvalue weighted by molar-refractivity contribution is 5.88. The molecule has 0 amide bonds. The van der Waals surface area contributed by atoms with Crippen molar-refractivity contribution in [2.75, 3.05) is 5.73 Å². The molecule has 0 saturated carbocycles. The zero-order chi connectivity index (χ0) is 12.8. The number of aromatic nitrogens is 5. The summed E-state index contributed by atoms with van der Waals surface area (Å²) in [6.45, 7) is 0. The van der Waals surface area contributed by atoms with Crippen LogP contribution in [-0.2, 0) is 0 Å². The summed E-state index contributed by atoms with van der Waals surface area (Å²) in [6.07, 6.45) is 3.25. The van der Waals surface area contributed by atoms with Crippen LogP contribution in [0.5, 0.6) is 0 Å². The maximum absolute atomic E-state index is 5.88. The maximum Gasteiger partial charge on any atom is 0.223 e. The van der Waals surface area contributed by atoms with Crippen molar-refractivity contribution in [3.05, 3.63) is 36.7 Å². The standard InChI is InChI=1S/C12H8N6O/c13-12-15-7-3-1-5-14-9(7)11-16-10(17-18(11)12)8-4-2-6-19-8/h1-6H,(H2,13,15). The average Bonchev–Trinajstić information content (AvgIpc) is 3.08. The lowest BCUT2D eigenvalue weighted by atomic mass is 10.3. The largest absolute Gasteiger partial charge is 0.461 e. The molecule has 4 heterocycles. The number of pyridine rings is 1. The van der Waals surface area contributed by atoms with Crippen LogP contribution in [0.2, 0.25) is 0 Å². The molecule has 4 rings (SSSR count). The second kappa shape index (κ2) is 3.52. The fourth-order valence-corrected chi connectivity index (χ4v) is 1.97. The van der Waals surface area contributed by atoms with Gasteiger partial charge in [-0.15, -0.1) is 5.10 Å². The van der Waals surface area contributed by atoms with Gasteiger partial charge >= 0.3 is 0 Å². The normalized spacial score (nSPS) is 11.4. The van der Waals surface area contributed by atoms with E-state index in [1.165, 1.54) is 4.52 Å². The van der Waals surface area contributed by atoms with Gasteiger partial charge in [0.25, 0.3) is 0 Å². The van der Waals surface area contributed by atoms with E-state index >= 15 is 0 Å². The molecule has 0 atom stereocenters. The van der Waals surface area contributed by atoms with Crippen molar-refractivity contribution in [3.8, 4) is 11.6 Å². The van der Waals surface area contributed by atoms with Crippen molar-refractivity contribution in [1.82, 2.24) is 24.6 Å². The van der Waals surface area contributed by atoms with Gasteiger partial charge in [0, 0.05) is 6.20 Å². The van der Waals surface area contributed by atoms with E-state index in [4.69, 9.17) is 10.2 Å². The van der Waals surface area contributed by atoms with Crippen molar-refractivity contribution < 1.29 is 4.42 Å². The van der Waals surface area contributed by atoms with Crippen LogP contribution in [0.15, 0.2) is 41.1 Å². The van der Waals surface area contributed by atoms with Gasteiger partial charge in [-0.3, -0.25) is 4.98 Å². The molecule has 19 heavy (non-hydrogen) atoms. The summed E-state index contributed by atoms with van der Waals surface area (Å²) in [5, 5.41) is 4.29. The highest BCUT2D eigenvalue weighted by Crippen LogP contribution is 2.21. The second-order valence-electron chi connectivity index (χ2n) is 3.99. The summed E-state index contributed by atoms with van der Waals surface area (Å²) in [4.78, 5) is 12.9. The summed E-state index contributed by atoms with van der Waals surface area (Å²) < 4.78 is 6.75. The molecule has 0 fully saturated rings. The molecule has 0 spiro atoms. The van der Waals surface area contributed by atoms with Gasteiger partial charge in [0.1, 0.15) is 5.52 Å². The minimum atomic E-state index is 0.265. The lowest BCUT2D eigenvalue weighted by Gasteiger charge is -1.99. The molecule has 4 aromatic heterocycles. The van der Waals surface area contributed by atoms with Crippen molar-refractivity contribution in [2.45, 2.75) is 0 Å². The third-order valence-electron chi connectivity index (χ3n) is 2.80. The number of hydrogen-bond donors (Lipinski definition) is 1. The quantitative estimate of drug-likeness (QED) is 0.551. The number of fused-ring (bicyclic) bond motifs is 3. The lowest BCUT2D eigenvalue weighted by molar-refractivity contribution is 0.577. The number of furan rings is 1. The fourth-order valence-electron chi connectivity index (χ4n) is 1.97. The molecule has 0 aliphatic rings. The van der Waals surface area contributed by atoms with Gasteiger partial charge in [-0.05, 0) is 24.3 Å². The van der Waals surface area contributed by atoms with Gasteiger partial charge in [-0.2, -0.15) is 4.52 Å². The van der Waals surface area contributed by atoms with Gasteiger partial charge in [0.05, 0.1) is 11.8 Å². The van der Waals surface area contributed by atoms with Gasteiger partial charge in [-0.1, -0.05) is 0 Å². The minimum absolute atomic E-state index is 0.265. The molecule has 0 aliphatic carbocycles. The molecule has 0 saturated heterocycles. The predicted octanol–water partition coefficient (Wildman–Crippen LogP) is 1.51. The number of nitrogens with two attached hydrogens (primary N) is 1. The van der Waals surface area contributed by atoms with Crippen molar-refractivity contribution in [2.24, 2.45) is 0 Å². The van der Waals surface area contributed by atoms with E-state index in [9.17, 15) is 0 Å². The highest BCUT2D eigenvalue weighted by atomic mass is 16.3. The monoisotopic (exact) mass is 252 g/mol. The first-order chi connectivity index (χ1) is 9.33.